The highest BCUT2D eigenvalue weighted by Crippen LogP contribution is 2.20. The van der Waals surface area contributed by atoms with E-state index in [1.165, 1.54) is 44.3 Å². The molecule has 17 heavy (non-hydrogen) atoms. The molecular formula is C15H24N2. The summed E-state index contributed by atoms with van der Waals surface area (Å²) in [6, 6.07) is 9.13. The summed E-state index contributed by atoms with van der Waals surface area (Å²) in [4.78, 5) is 2.66. The van der Waals surface area contributed by atoms with Gasteiger partial charge in [0.1, 0.15) is 0 Å². The van der Waals surface area contributed by atoms with Crippen LogP contribution in [0.25, 0.3) is 0 Å². The second-order valence-electron chi connectivity index (χ2n) is 5.09. The second-order valence-corrected chi connectivity index (χ2v) is 5.09. The molecule has 0 saturated carbocycles. The average molecular weight is 232 g/mol. The van der Waals surface area contributed by atoms with Crippen LogP contribution in [-0.2, 0) is 6.42 Å². The van der Waals surface area contributed by atoms with Gasteiger partial charge in [0, 0.05) is 11.7 Å². The first-order chi connectivity index (χ1) is 8.29. The summed E-state index contributed by atoms with van der Waals surface area (Å²) >= 11 is 0. The fraction of sp³-hybridized carbons (Fsp3) is 0.600. The highest BCUT2D eigenvalue weighted by atomic mass is 15.2. The molecule has 0 aliphatic carbocycles. The first-order valence-electron chi connectivity index (χ1n) is 6.88. The van der Waals surface area contributed by atoms with Crippen LogP contribution < -0.4 is 5.73 Å². The molecule has 2 N–H and O–H groups in total. The summed E-state index contributed by atoms with van der Waals surface area (Å²) in [5.74, 6) is 0. The minimum Gasteiger partial charge on any atom is -0.399 e. The van der Waals surface area contributed by atoms with E-state index in [2.05, 4.69) is 30.0 Å². The van der Waals surface area contributed by atoms with Crippen molar-refractivity contribution in [3.05, 3.63) is 29.8 Å². The lowest BCUT2D eigenvalue weighted by Crippen LogP contribution is -2.29. The molecule has 94 valence electrons. The third-order valence-corrected chi connectivity index (χ3v) is 3.83. The lowest BCUT2D eigenvalue weighted by Gasteiger charge is -2.23. The number of benzene rings is 1. The van der Waals surface area contributed by atoms with E-state index in [0.29, 0.717) is 0 Å². The highest BCUT2D eigenvalue weighted by Gasteiger charge is 2.21. The van der Waals surface area contributed by atoms with Gasteiger partial charge in [0.05, 0.1) is 0 Å². The Bertz CT molecular complexity index is 349. The smallest absolute Gasteiger partial charge is 0.0316 e. The van der Waals surface area contributed by atoms with Gasteiger partial charge in [0.15, 0.2) is 0 Å². The van der Waals surface area contributed by atoms with E-state index < -0.39 is 0 Å². The van der Waals surface area contributed by atoms with Gasteiger partial charge in [-0.1, -0.05) is 19.1 Å². The number of nitrogen functional groups attached to an aromatic ring is 1. The lowest BCUT2D eigenvalue weighted by atomic mass is 10.1. The molecule has 1 aliphatic heterocycles. The lowest BCUT2D eigenvalue weighted by molar-refractivity contribution is 0.245. The molecular weight excluding hydrogens is 208 g/mol. The normalized spacial score (nSPS) is 20.9. The van der Waals surface area contributed by atoms with Crippen LogP contribution in [0.1, 0.15) is 38.2 Å². The molecule has 1 aromatic carbocycles. The Morgan fingerprint density at radius 3 is 3.06 bits per heavy atom. The Balaban J connectivity index is 1.76. The maximum absolute atomic E-state index is 5.79. The van der Waals surface area contributed by atoms with Gasteiger partial charge >= 0.3 is 0 Å². The number of hydrogen-bond acceptors (Lipinski definition) is 2. The monoisotopic (exact) mass is 232 g/mol. The van der Waals surface area contributed by atoms with E-state index in [9.17, 15) is 0 Å². The molecule has 2 heteroatoms. The Hall–Kier alpha value is -1.02. The van der Waals surface area contributed by atoms with Gasteiger partial charge in [0.2, 0.25) is 0 Å². The van der Waals surface area contributed by atoms with Crippen LogP contribution in [0, 0.1) is 0 Å². The van der Waals surface area contributed by atoms with Crippen LogP contribution in [0.15, 0.2) is 24.3 Å². The summed E-state index contributed by atoms with van der Waals surface area (Å²) in [5, 5.41) is 0. The fourth-order valence-corrected chi connectivity index (χ4v) is 2.89. The van der Waals surface area contributed by atoms with Crippen molar-refractivity contribution in [1.29, 1.82) is 0 Å². The number of nitrogens with two attached hydrogens (primary N) is 1. The minimum absolute atomic E-state index is 0.843. The molecule has 1 saturated heterocycles. The first kappa shape index (κ1) is 12.4. The largest absolute Gasteiger partial charge is 0.399 e. The van der Waals surface area contributed by atoms with Crippen LogP contribution in [0.3, 0.4) is 0 Å². The first-order valence-corrected chi connectivity index (χ1v) is 6.88. The Morgan fingerprint density at radius 2 is 2.29 bits per heavy atom. The zero-order valence-corrected chi connectivity index (χ0v) is 10.9. The van der Waals surface area contributed by atoms with Gasteiger partial charge in [-0.25, -0.2) is 0 Å². The van der Waals surface area contributed by atoms with Crippen LogP contribution in [-0.4, -0.2) is 24.0 Å². The SMILES string of the molecule is CCC1CCCN1CCCc1cccc(N)c1. The van der Waals surface area contributed by atoms with Crippen molar-refractivity contribution < 1.29 is 0 Å². The molecule has 1 aliphatic rings. The number of rotatable bonds is 5. The quantitative estimate of drug-likeness (QED) is 0.791. The summed E-state index contributed by atoms with van der Waals surface area (Å²) in [7, 11) is 0. The van der Waals surface area contributed by atoms with Gasteiger partial charge in [-0.2, -0.15) is 0 Å². The third-order valence-electron chi connectivity index (χ3n) is 3.83. The van der Waals surface area contributed by atoms with Crippen LogP contribution >= 0.6 is 0 Å². The van der Waals surface area contributed by atoms with Gasteiger partial charge in [0.25, 0.3) is 0 Å². The predicted molar refractivity (Wildman–Crippen MR) is 74.1 cm³/mol. The second kappa shape index (κ2) is 6.06. The van der Waals surface area contributed by atoms with Crippen LogP contribution in [0.4, 0.5) is 5.69 Å². The predicted octanol–water partition coefficient (Wildman–Crippen LogP) is 3.08. The summed E-state index contributed by atoms with van der Waals surface area (Å²) in [6.07, 6.45) is 6.49. The summed E-state index contributed by atoms with van der Waals surface area (Å²) < 4.78 is 0. The molecule has 2 nitrogen and oxygen atoms in total. The number of aryl methyl sites for hydroxylation is 1. The summed E-state index contributed by atoms with van der Waals surface area (Å²) in [5.41, 5.74) is 8.04. The third kappa shape index (κ3) is 3.47. The zero-order chi connectivity index (χ0) is 12.1. The van der Waals surface area contributed by atoms with E-state index in [1.807, 2.05) is 6.07 Å². The van der Waals surface area contributed by atoms with Gasteiger partial charge in [-0.05, 0) is 62.9 Å². The van der Waals surface area contributed by atoms with Gasteiger partial charge in [-0.3, -0.25) is 0 Å². The average Bonchev–Trinajstić information content (AvgIpc) is 2.77. The molecule has 0 spiro atoms. The molecule has 0 aromatic heterocycles. The Morgan fingerprint density at radius 1 is 1.41 bits per heavy atom. The van der Waals surface area contributed by atoms with Crippen LogP contribution in [0.2, 0.25) is 0 Å². The molecule has 0 amide bonds. The fourth-order valence-electron chi connectivity index (χ4n) is 2.89. The Kier molecular flexibility index (Phi) is 4.43. The highest BCUT2D eigenvalue weighted by molar-refractivity contribution is 5.40. The zero-order valence-electron chi connectivity index (χ0n) is 10.9. The van der Waals surface area contributed by atoms with E-state index in [0.717, 1.165) is 18.2 Å². The molecule has 1 fully saturated rings. The molecule has 1 atom stereocenters. The topological polar surface area (TPSA) is 29.3 Å². The van der Waals surface area contributed by atoms with E-state index in [-0.39, 0.29) is 0 Å². The van der Waals surface area contributed by atoms with E-state index >= 15 is 0 Å². The maximum Gasteiger partial charge on any atom is 0.0316 e. The van der Waals surface area contributed by atoms with Gasteiger partial charge < -0.3 is 10.6 Å². The number of likely N-dealkylation sites (tertiary alicyclic amines) is 1. The summed E-state index contributed by atoms with van der Waals surface area (Å²) in [6.45, 7) is 4.85. The van der Waals surface area contributed by atoms with Gasteiger partial charge in [-0.15, -0.1) is 0 Å². The number of hydrogen-bond donors (Lipinski definition) is 1. The molecule has 2 rings (SSSR count). The molecule has 0 bridgehead atoms. The van der Waals surface area contributed by atoms with E-state index in [1.54, 1.807) is 0 Å². The van der Waals surface area contributed by atoms with Crippen molar-refractivity contribution in [1.82, 2.24) is 4.90 Å². The van der Waals surface area contributed by atoms with Crippen LogP contribution in [0.5, 0.6) is 0 Å². The molecule has 0 radical (unpaired) electrons. The van der Waals surface area contributed by atoms with Crippen molar-refractivity contribution in [3.63, 3.8) is 0 Å². The van der Waals surface area contributed by atoms with Crippen molar-refractivity contribution in [3.8, 4) is 0 Å². The van der Waals surface area contributed by atoms with E-state index in [4.69, 9.17) is 5.73 Å². The number of nitrogens with zero attached hydrogens (tertiary/aromatic N) is 1. The molecule has 1 unspecified atom stereocenters. The number of anilines is 1. The van der Waals surface area contributed by atoms with Crippen molar-refractivity contribution in [2.75, 3.05) is 18.8 Å². The van der Waals surface area contributed by atoms with Crippen molar-refractivity contribution >= 4 is 5.69 Å². The minimum atomic E-state index is 0.843. The van der Waals surface area contributed by atoms with Crippen molar-refractivity contribution in [2.24, 2.45) is 0 Å². The molecule has 1 aromatic rings. The van der Waals surface area contributed by atoms with Crippen molar-refractivity contribution in [2.45, 2.75) is 45.1 Å². The maximum atomic E-state index is 5.79. The molecule has 1 heterocycles. The standard InChI is InChI=1S/C15H24N2/c1-2-15-9-5-11-17(15)10-4-7-13-6-3-8-14(16)12-13/h3,6,8,12,15H,2,4-5,7,9-11,16H2,1H3. The Labute approximate surface area is 105 Å².